The number of carboxylic acid groups (broad SMARTS) is 1. The largest absolute Gasteiger partial charge is 0.481 e. The Kier molecular flexibility index (Phi) is 4.34. The van der Waals surface area contributed by atoms with Gasteiger partial charge in [-0.15, -0.1) is 6.58 Å². The molecule has 1 rings (SSSR count). The van der Waals surface area contributed by atoms with Crippen LogP contribution < -0.4 is 5.32 Å². The average molecular weight is 226 g/mol. The van der Waals surface area contributed by atoms with Crippen molar-refractivity contribution in [3.8, 4) is 0 Å². The summed E-state index contributed by atoms with van der Waals surface area (Å²) in [6.07, 6.45) is 3.03. The molecule has 0 saturated carbocycles. The van der Waals surface area contributed by atoms with Crippen molar-refractivity contribution in [2.45, 2.75) is 25.8 Å². The summed E-state index contributed by atoms with van der Waals surface area (Å²) < 4.78 is 0. The van der Waals surface area contributed by atoms with Gasteiger partial charge < -0.3 is 15.3 Å². The van der Waals surface area contributed by atoms with Gasteiger partial charge in [0, 0.05) is 19.1 Å². The first-order valence-electron chi connectivity index (χ1n) is 5.45. The van der Waals surface area contributed by atoms with Gasteiger partial charge in [-0.3, -0.25) is 4.79 Å². The number of carbonyl (C=O) groups is 2. The lowest BCUT2D eigenvalue weighted by Gasteiger charge is -2.31. The summed E-state index contributed by atoms with van der Waals surface area (Å²) in [6, 6.07) is -0.309. The SMILES string of the molecule is C=CC(C)NC(=O)N1CCC[C@@H](C(=O)O)C1. The summed E-state index contributed by atoms with van der Waals surface area (Å²) in [5, 5.41) is 11.6. The highest BCUT2D eigenvalue weighted by Crippen LogP contribution is 2.16. The van der Waals surface area contributed by atoms with E-state index in [0.29, 0.717) is 19.5 Å². The number of likely N-dealkylation sites (tertiary alicyclic amines) is 1. The standard InChI is InChI=1S/C11H18N2O3/c1-3-8(2)12-11(16)13-6-4-5-9(7-13)10(14)15/h3,8-9H,1,4-7H2,2H3,(H,12,16)(H,14,15)/t8?,9-/m1/s1. The number of aliphatic carboxylic acids is 1. The predicted octanol–water partition coefficient (Wildman–Crippen LogP) is 1.07. The number of piperidine rings is 1. The molecule has 90 valence electrons. The molecule has 0 radical (unpaired) electrons. The predicted molar refractivity (Wildman–Crippen MR) is 60.1 cm³/mol. The number of amides is 2. The van der Waals surface area contributed by atoms with Crippen molar-refractivity contribution in [3.05, 3.63) is 12.7 Å². The maximum absolute atomic E-state index is 11.7. The highest BCUT2D eigenvalue weighted by molar-refractivity contribution is 5.76. The fraction of sp³-hybridized carbons (Fsp3) is 0.636. The normalized spacial score (nSPS) is 22.3. The Hall–Kier alpha value is -1.52. The first-order chi connectivity index (χ1) is 7.54. The number of rotatable bonds is 3. The van der Waals surface area contributed by atoms with Crippen molar-refractivity contribution in [1.82, 2.24) is 10.2 Å². The van der Waals surface area contributed by atoms with Gasteiger partial charge in [-0.1, -0.05) is 6.08 Å². The van der Waals surface area contributed by atoms with E-state index in [0.717, 1.165) is 6.42 Å². The first-order valence-corrected chi connectivity index (χ1v) is 5.45. The van der Waals surface area contributed by atoms with Crippen LogP contribution in [0, 0.1) is 5.92 Å². The lowest BCUT2D eigenvalue weighted by Crippen LogP contribution is -2.48. The van der Waals surface area contributed by atoms with Gasteiger partial charge in [0.25, 0.3) is 0 Å². The minimum atomic E-state index is -0.825. The van der Waals surface area contributed by atoms with E-state index in [4.69, 9.17) is 5.11 Å². The third-order valence-electron chi connectivity index (χ3n) is 2.76. The number of urea groups is 1. The Balaban J connectivity index is 2.50. The molecule has 1 saturated heterocycles. The first kappa shape index (κ1) is 12.5. The van der Waals surface area contributed by atoms with Crippen LogP contribution in [0.25, 0.3) is 0 Å². The highest BCUT2D eigenvalue weighted by Gasteiger charge is 2.28. The zero-order valence-corrected chi connectivity index (χ0v) is 9.48. The fourth-order valence-corrected chi connectivity index (χ4v) is 1.71. The quantitative estimate of drug-likeness (QED) is 0.707. The lowest BCUT2D eigenvalue weighted by molar-refractivity contribution is -0.143. The van der Waals surface area contributed by atoms with E-state index in [1.54, 1.807) is 11.0 Å². The zero-order valence-electron chi connectivity index (χ0n) is 9.48. The van der Waals surface area contributed by atoms with Gasteiger partial charge >= 0.3 is 12.0 Å². The smallest absolute Gasteiger partial charge is 0.317 e. The average Bonchev–Trinajstić information content (AvgIpc) is 2.28. The molecule has 0 aromatic rings. The lowest BCUT2D eigenvalue weighted by atomic mass is 9.99. The van der Waals surface area contributed by atoms with Crippen LogP contribution in [-0.4, -0.2) is 41.1 Å². The molecule has 1 aliphatic rings. The molecule has 5 heteroatoms. The minimum absolute atomic E-state index is 0.0993. The summed E-state index contributed by atoms with van der Waals surface area (Å²) in [7, 11) is 0. The molecule has 2 atom stereocenters. The summed E-state index contributed by atoms with van der Waals surface area (Å²) in [6.45, 7) is 6.32. The Bertz CT molecular complexity index is 291. The third kappa shape index (κ3) is 3.25. The fourth-order valence-electron chi connectivity index (χ4n) is 1.71. The molecule has 16 heavy (non-hydrogen) atoms. The molecule has 0 aromatic heterocycles. The van der Waals surface area contributed by atoms with Crippen LogP contribution in [0.2, 0.25) is 0 Å². The number of hydrogen-bond acceptors (Lipinski definition) is 2. The maximum Gasteiger partial charge on any atom is 0.317 e. The molecule has 0 aromatic carbocycles. The zero-order chi connectivity index (χ0) is 12.1. The monoisotopic (exact) mass is 226 g/mol. The second-order valence-corrected chi connectivity index (χ2v) is 4.10. The van der Waals surface area contributed by atoms with Gasteiger partial charge in [-0.25, -0.2) is 4.79 Å². The van der Waals surface area contributed by atoms with Crippen LogP contribution >= 0.6 is 0 Å². The molecule has 1 fully saturated rings. The second-order valence-electron chi connectivity index (χ2n) is 4.10. The molecule has 1 heterocycles. The Morgan fingerprint density at radius 1 is 1.62 bits per heavy atom. The van der Waals surface area contributed by atoms with E-state index in [2.05, 4.69) is 11.9 Å². The number of carboxylic acids is 1. The van der Waals surface area contributed by atoms with Gasteiger partial charge in [0.05, 0.1) is 5.92 Å². The van der Waals surface area contributed by atoms with Gasteiger partial charge in [0.15, 0.2) is 0 Å². The molecule has 5 nitrogen and oxygen atoms in total. The van der Waals surface area contributed by atoms with Gasteiger partial charge in [0.2, 0.25) is 0 Å². The van der Waals surface area contributed by atoms with Crippen molar-refractivity contribution >= 4 is 12.0 Å². The van der Waals surface area contributed by atoms with Crippen molar-refractivity contribution in [3.63, 3.8) is 0 Å². The molecule has 2 N–H and O–H groups in total. The molecule has 0 spiro atoms. The van der Waals surface area contributed by atoms with E-state index >= 15 is 0 Å². The van der Waals surface area contributed by atoms with Gasteiger partial charge in [0.1, 0.15) is 0 Å². The second kappa shape index (κ2) is 5.53. The molecule has 1 unspecified atom stereocenters. The number of hydrogen-bond donors (Lipinski definition) is 2. The van der Waals surface area contributed by atoms with E-state index in [1.807, 2.05) is 6.92 Å². The molecule has 2 amide bonds. The van der Waals surface area contributed by atoms with Gasteiger partial charge in [-0.05, 0) is 19.8 Å². The summed E-state index contributed by atoms with van der Waals surface area (Å²) in [5.41, 5.74) is 0. The van der Waals surface area contributed by atoms with E-state index < -0.39 is 11.9 Å². The van der Waals surface area contributed by atoms with Crippen LogP contribution in [-0.2, 0) is 4.79 Å². The minimum Gasteiger partial charge on any atom is -0.481 e. The van der Waals surface area contributed by atoms with Crippen LogP contribution in [0.1, 0.15) is 19.8 Å². The topological polar surface area (TPSA) is 69.6 Å². The Morgan fingerprint density at radius 2 is 2.31 bits per heavy atom. The van der Waals surface area contributed by atoms with E-state index in [9.17, 15) is 9.59 Å². The molecule has 0 bridgehead atoms. The number of nitrogens with zero attached hydrogens (tertiary/aromatic N) is 1. The molecular weight excluding hydrogens is 208 g/mol. The van der Waals surface area contributed by atoms with Crippen molar-refractivity contribution in [2.75, 3.05) is 13.1 Å². The summed E-state index contributed by atoms with van der Waals surface area (Å²) in [5.74, 6) is -1.26. The van der Waals surface area contributed by atoms with Gasteiger partial charge in [-0.2, -0.15) is 0 Å². The van der Waals surface area contributed by atoms with E-state index in [1.165, 1.54) is 0 Å². The van der Waals surface area contributed by atoms with Crippen LogP contribution in [0.5, 0.6) is 0 Å². The number of nitrogens with one attached hydrogen (secondary N) is 1. The summed E-state index contributed by atoms with van der Waals surface area (Å²) in [4.78, 5) is 24.1. The Labute approximate surface area is 95.1 Å². The molecule has 1 aliphatic heterocycles. The highest BCUT2D eigenvalue weighted by atomic mass is 16.4. The summed E-state index contributed by atoms with van der Waals surface area (Å²) >= 11 is 0. The van der Waals surface area contributed by atoms with Crippen molar-refractivity contribution < 1.29 is 14.7 Å². The van der Waals surface area contributed by atoms with Crippen LogP contribution in [0.3, 0.4) is 0 Å². The number of carbonyl (C=O) groups excluding carboxylic acids is 1. The Morgan fingerprint density at radius 3 is 2.88 bits per heavy atom. The molecule has 0 aliphatic carbocycles. The van der Waals surface area contributed by atoms with E-state index in [-0.39, 0.29) is 12.1 Å². The van der Waals surface area contributed by atoms with Crippen molar-refractivity contribution in [2.24, 2.45) is 5.92 Å². The molecular formula is C11H18N2O3. The third-order valence-corrected chi connectivity index (χ3v) is 2.76. The van der Waals surface area contributed by atoms with Crippen LogP contribution in [0.15, 0.2) is 12.7 Å². The maximum atomic E-state index is 11.7. The van der Waals surface area contributed by atoms with Crippen LogP contribution in [0.4, 0.5) is 4.79 Å². The van der Waals surface area contributed by atoms with Crippen molar-refractivity contribution in [1.29, 1.82) is 0 Å².